The molecule has 4 aromatic rings. The zero-order valence-electron chi connectivity index (χ0n) is 20.4. The van der Waals surface area contributed by atoms with Crippen LogP contribution in [0.25, 0.3) is 16.5 Å². The first kappa shape index (κ1) is 24.5. The summed E-state index contributed by atoms with van der Waals surface area (Å²) in [4.78, 5) is 27.8. The Bertz CT molecular complexity index is 1370. The third-order valence-electron chi connectivity index (χ3n) is 5.82. The number of nitrogens with zero attached hydrogens (tertiary/aromatic N) is 3. The molecule has 35 heavy (non-hydrogen) atoms. The van der Waals surface area contributed by atoms with E-state index in [1.54, 1.807) is 22.9 Å². The van der Waals surface area contributed by atoms with Gasteiger partial charge in [0, 0.05) is 28.6 Å². The number of hydrogen-bond donors (Lipinski definition) is 1. The van der Waals surface area contributed by atoms with Crippen molar-refractivity contribution in [1.82, 2.24) is 14.7 Å². The number of hydrogen-bond acceptors (Lipinski definition) is 3. The largest absolute Gasteiger partial charge is 0.330 e. The smallest absolute Gasteiger partial charge is 0.254 e. The van der Waals surface area contributed by atoms with E-state index in [4.69, 9.17) is 16.7 Å². The van der Waals surface area contributed by atoms with E-state index < -0.39 is 0 Å². The minimum Gasteiger partial charge on any atom is -0.330 e. The van der Waals surface area contributed by atoms with E-state index in [-0.39, 0.29) is 23.8 Å². The van der Waals surface area contributed by atoms with E-state index in [0.717, 1.165) is 22.2 Å². The third kappa shape index (κ3) is 5.54. The summed E-state index contributed by atoms with van der Waals surface area (Å²) in [6, 6.07) is 22.6. The fraction of sp³-hybridized carbons (Fsp3) is 0.250. The van der Waals surface area contributed by atoms with Gasteiger partial charge >= 0.3 is 0 Å². The van der Waals surface area contributed by atoms with Crippen molar-refractivity contribution in [3.8, 4) is 5.69 Å². The quantitative estimate of drug-likeness (QED) is 0.358. The van der Waals surface area contributed by atoms with E-state index in [1.807, 2.05) is 61.5 Å². The van der Waals surface area contributed by atoms with Crippen molar-refractivity contribution in [2.75, 3.05) is 18.4 Å². The highest BCUT2D eigenvalue weighted by Crippen LogP contribution is 2.27. The van der Waals surface area contributed by atoms with Crippen LogP contribution in [0.5, 0.6) is 0 Å². The topological polar surface area (TPSA) is 67.2 Å². The number of halogens is 1. The van der Waals surface area contributed by atoms with Gasteiger partial charge < -0.3 is 10.2 Å². The molecule has 1 aromatic heterocycles. The van der Waals surface area contributed by atoms with Crippen LogP contribution in [0.3, 0.4) is 0 Å². The Hall–Kier alpha value is -3.64. The number of benzene rings is 3. The maximum Gasteiger partial charge on any atom is 0.254 e. The van der Waals surface area contributed by atoms with Gasteiger partial charge in [0.2, 0.25) is 5.91 Å². The highest BCUT2D eigenvalue weighted by atomic mass is 35.5. The molecule has 2 amide bonds. The second kappa shape index (κ2) is 9.92. The average Bonchev–Trinajstić information content (AvgIpc) is 3.26. The summed E-state index contributed by atoms with van der Waals surface area (Å²) in [5.41, 5.74) is 1.96. The van der Waals surface area contributed by atoms with Crippen molar-refractivity contribution in [2.45, 2.75) is 33.1 Å². The second-order valence-corrected chi connectivity index (χ2v) is 9.92. The van der Waals surface area contributed by atoms with Crippen molar-refractivity contribution in [2.24, 2.45) is 0 Å². The number of rotatable bonds is 6. The minimum absolute atomic E-state index is 0.0706. The van der Waals surface area contributed by atoms with Crippen LogP contribution in [-0.4, -0.2) is 39.6 Å². The Morgan fingerprint density at radius 1 is 0.971 bits per heavy atom. The molecule has 0 saturated heterocycles. The van der Waals surface area contributed by atoms with Crippen LogP contribution in [-0.2, 0) is 10.2 Å². The first-order valence-electron chi connectivity index (χ1n) is 11.6. The van der Waals surface area contributed by atoms with Gasteiger partial charge in [-0.25, -0.2) is 4.68 Å². The molecule has 0 atom stereocenters. The molecule has 0 radical (unpaired) electrons. The van der Waals surface area contributed by atoms with Crippen LogP contribution < -0.4 is 5.32 Å². The van der Waals surface area contributed by atoms with Gasteiger partial charge in [-0.15, -0.1) is 0 Å². The van der Waals surface area contributed by atoms with Crippen LogP contribution >= 0.6 is 11.6 Å². The Morgan fingerprint density at radius 2 is 1.66 bits per heavy atom. The maximum absolute atomic E-state index is 13.2. The summed E-state index contributed by atoms with van der Waals surface area (Å²) in [5, 5.41) is 10.3. The summed E-state index contributed by atoms with van der Waals surface area (Å²) < 4.78 is 1.69. The predicted molar refractivity (Wildman–Crippen MR) is 141 cm³/mol. The normalized spacial score (nSPS) is 11.5. The van der Waals surface area contributed by atoms with Crippen molar-refractivity contribution in [1.29, 1.82) is 0 Å². The molecule has 0 aliphatic carbocycles. The van der Waals surface area contributed by atoms with E-state index in [2.05, 4.69) is 26.1 Å². The fourth-order valence-electron chi connectivity index (χ4n) is 3.80. The van der Waals surface area contributed by atoms with E-state index in [1.165, 1.54) is 4.90 Å². The lowest BCUT2D eigenvalue weighted by Crippen LogP contribution is -2.38. The van der Waals surface area contributed by atoms with Crippen molar-refractivity contribution < 1.29 is 9.59 Å². The molecule has 0 fully saturated rings. The van der Waals surface area contributed by atoms with Crippen molar-refractivity contribution in [3.63, 3.8) is 0 Å². The number of carbonyl (C=O) groups is 2. The van der Waals surface area contributed by atoms with Gasteiger partial charge in [0.25, 0.3) is 5.91 Å². The Labute approximate surface area is 210 Å². The first-order chi connectivity index (χ1) is 16.7. The van der Waals surface area contributed by atoms with Crippen LogP contribution in [0.2, 0.25) is 5.02 Å². The summed E-state index contributed by atoms with van der Waals surface area (Å²) in [6.45, 7) is 8.39. The number of amides is 2. The van der Waals surface area contributed by atoms with Crippen molar-refractivity contribution >= 4 is 40.0 Å². The molecule has 0 unspecified atom stereocenters. The maximum atomic E-state index is 13.2. The number of likely N-dealkylation sites (N-methyl/N-ethyl adjacent to an activating group) is 1. The fourth-order valence-corrected chi connectivity index (χ4v) is 3.93. The Morgan fingerprint density at radius 3 is 2.31 bits per heavy atom. The predicted octanol–water partition coefficient (Wildman–Crippen LogP) is 6.08. The first-order valence-corrected chi connectivity index (χ1v) is 12.0. The number of anilines is 1. The monoisotopic (exact) mass is 488 g/mol. The zero-order chi connectivity index (χ0) is 25.2. The molecule has 3 aromatic carbocycles. The molecule has 0 aliphatic rings. The van der Waals surface area contributed by atoms with Crippen LogP contribution in [0.15, 0.2) is 72.8 Å². The molecule has 6 nitrogen and oxygen atoms in total. The van der Waals surface area contributed by atoms with Gasteiger partial charge in [0.05, 0.1) is 11.4 Å². The standard InChI is InChI=1S/C28H29ClN4O2/c1-5-32(27(35)21-11-10-19-8-6-7-9-20(19)16-21)18-26(34)30-25-17-24(28(2,3)4)31-33(25)23-14-12-22(29)13-15-23/h6-17H,5,18H2,1-4H3,(H,30,34). The highest BCUT2D eigenvalue weighted by Gasteiger charge is 2.23. The Balaban J connectivity index is 1.55. The van der Waals surface area contributed by atoms with Gasteiger partial charge in [0.15, 0.2) is 0 Å². The number of aromatic nitrogens is 2. The highest BCUT2D eigenvalue weighted by molar-refractivity contribution is 6.30. The van der Waals surface area contributed by atoms with Crippen molar-refractivity contribution in [3.05, 3.63) is 89.1 Å². The number of carbonyl (C=O) groups excluding carboxylic acids is 2. The van der Waals surface area contributed by atoms with Gasteiger partial charge in [-0.05, 0) is 54.1 Å². The summed E-state index contributed by atoms with van der Waals surface area (Å²) in [5.74, 6) is 0.0583. The van der Waals surface area contributed by atoms with E-state index in [9.17, 15) is 9.59 Å². The summed E-state index contributed by atoms with van der Waals surface area (Å²) in [7, 11) is 0. The third-order valence-corrected chi connectivity index (χ3v) is 6.07. The van der Waals surface area contributed by atoms with E-state index in [0.29, 0.717) is 22.9 Å². The molecule has 4 rings (SSSR count). The SMILES string of the molecule is CCN(CC(=O)Nc1cc(C(C)(C)C)nn1-c1ccc(Cl)cc1)C(=O)c1ccc2ccccc2c1. The lowest BCUT2D eigenvalue weighted by molar-refractivity contribution is -0.116. The molecule has 1 heterocycles. The molecular formula is C28H29ClN4O2. The number of nitrogens with one attached hydrogen (secondary N) is 1. The number of fused-ring (bicyclic) bond motifs is 1. The second-order valence-electron chi connectivity index (χ2n) is 9.48. The molecule has 0 bridgehead atoms. The average molecular weight is 489 g/mol. The summed E-state index contributed by atoms with van der Waals surface area (Å²) >= 11 is 6.05. The Kier molecular flexibility index (Phi) is 6.94. The van der Waals surface area contributed by atoms with Gasteiger partial charge in [-0.2, -0.15) is 5.10 Å². The van der Waals surface area contributed by atoms with Crippen LogP contribution in [0.1, 0.15) is 43.7 Å². The summed E-state index contributed by atoms with van der Waals surface area (Å²) in [6.07, 6.45) is 0. The van der Waals surface area contributed by atoms with Crippen LogP contribution in [0, 0.1) is 0 Å². The molecule has 0 aliphatic heterocycles. The molecule has 0 spiro atoms. The lowest BCUT2D eigenvalue weighted by Gasteiger charge is -2.21. The minimum atomic E-state index is -0.295. The van der Waals surface area contributed by atoms with Gasteiger partial charge in [0.1, 0.15) is 12.4 Å². The molecular weight excluding hydrogens is 460 g/mol. The van der Waals surface area contributed by atoms with Gasteiger partial charge in [-0.1, -0.05) is 62.7 Å². The van der Waals surface area contributed by atoms with E-state index >= 15 is 0 Å². The lowest BCUT2D eigenvalue weighted by atomic mass is 9.92. The molecule has 7 heteroatoms. The zero-order valence-corrected chi connectivity index (χ0v) is 21.1. The molecule has 0 saturated carbocycles. The van der Waals surface area contributed by atoms with Gasteiger partial charge in [-0.3, -0.25) is 9.59 Å². The van der Waals surface area contributed by atoms with Crippen LogP contribution in [0.4, 0.5) is 5.82 Å². The molecule has 180 valence electrons. The molecule has 1 N–H and O–H groups in total.